The maximum absolute atomic E-state index is 11.9. The second-order valence-corrected chi connectivity index (χ2v) is 7.15. The zero-order chi connectivity index (χ0) is 22.1. The van der Waals surface area contributed by atoms with Crippen LogP contribution in [0.4, 0.5) is 5.69 Å². The molecule has 0 radical (unpaired) electrons. The third-order valence-corrected chi connectivity index (χ3v) is 4.65. The number of para-hydroxylation sites is 1. The molecule has 160 valence electrons. The Kier molecular flexibility index (Phi) is 8.15. The van der Waals surface area contributed by atoms with Gasteiger partial charge in [-0.3, -0.25) is 4.79 Å². The first-order valence-corrected chi connectivity index (χ1v) is 10.1. The first-order chi connectivity index (χ1) is 15.0. The van der Waals surface area contributed by atoms with Gasteiger partial charge < -0.3 is 19.5 Å². The van der Waals surface area contributed by atoms with E-state index in [1.165, 1.54) is 0 Å². The third kappa shape index (κ3) is 7.20. The lowest BCUT2D eigenvalue weighted by Crippen LogP contribution is -2.23. The summed E-state index contributed by atoms with van der Waals surface area (Å²) in [6.07, 6.45) is 0. The lowest BCUT2D eigenvalue weighted by Gasteiger charge is -2.10. The van der Waals surface area contributed by atoms with Crippen molar-refractivity contribution in [3.63, 3.8) is 0 Å². The summed E-state index contributed by atoms with van der Waals surface area (Å²) in [6.45, 7) is -0.380. The minimum atomic E-state index is -0.690. The van der Waals surface area contributed by atoms with Gasteiger partial charge in [-0.05, 0) is 42.0 Å². The maximum atomic E-state index is 11.9. The lowest BCUT2D eigenvalue weighted by atomic mass is 10.2. The second-order valence-electron chi connectivity index (χ2n) is 6.34. The van der Waals surface area contributed by atoms with E-state index in [4.69, 9.17) is 37.4 Å². The Bertz CT molecular complexity index is 1010. The molecule has 0 spiro atoms. The van der Waals surface area contributed by atoms with Gasteiger partial charge in [0.25, 0.3) is 5.91 Å². The minimum absolute atomic E-state index is 0.262. The molecule has 31 heavy (non-hydrogen) atoms. The van der Waals surface area contributed by atoms with Crippen LogP contribution in [0, 0.1) is 0 Å². The molecule has 0 aliphatic rings. The van der Waals surface area contributed by atoms with Crippen LogP contribution >= 0.6 is 23.2 Å². The smallest absolute Gasteiger partial charge is 0.344 e. The number of anilines is 1. The number of nitrogens with one attached hydrogen (secondary N) is 1. The summed E-state index contributed by atoms with van der Waals surface area (Å²) in [6, 6.07) is 21.5. The van der Waals surface area contributed by atoms with Crippen molar-refractivity contribution in [2.24, 2.45) is 0 Å². The summed E-state index contributed by atoms with van der Waals surface area (Å²) in [5.74, 6) is -0.113. The zero-order valence-corrected chi connectivity index (χ0v) is 17.9. The first kappa shape index (κ1) is 22.5. The highest BCUT2D eigenvalue weighted by Gasteiger charge is 2.12. The minimum Gasteiger partial charge on any atom is -0.489 e. The highest BCUT2D eigenvalue weighted by atomic mass is 35.5. The Labute approximate surface area is 189 Å². The van der Waals surface area contributed by atoms with Gasteiger partial charge in [0, 0.05) is 0 Å². The van der Waals surface area contributed by atoms with Crippen LogP contribution in [0.5, 0.6) is 11.5 Å². The number of hydrogen-bond donors (Lipinski definition) is 1. The molecular formula is C23H19Cl2NO5. The molecular weight excluding hydrogens is 441 g/mol. The van der Waals surface area contributed by atoms with E-state index in [9.17, 15) is 9.59 Å². The van der Waals surface area contributed by atoms with E-state index >= 15 is 0 Å². The van der Waals surface area contributed by atoms with Gasteiger partial charge in [0.15, 0.2) is 13.2 Å². The van der Waals surface area contributed by atoms with Gasteiger partial charge in [-0.15, -0.1) is 0 Å². The molecule has 0 atom stereocenters. The van der Waals surface area contributed by atoms with Gasteiger partial charge in [0.1, 0.15) is 18.1 Å². The number of benzene rings is 3. The summed E-state index contributed by atoms with van der Waals surface area (Å²) in [4.78, 5) is 23.8. The molecule has 0 aromatic heterocycles. The zero-order valence-electron chi connectivity index (χ0n) is 16.3. The fourth-order valence-electron chi connectivity index (χ4n) is 2.50. The summed E-state index contributed by atoms with van der Waals surface area (Å²) in [7, 11) is 0. The first-order valence-electron chi connectivity index (χ1n) is 9.30. The van der Waals surface area contributed by atoms with Gasteiger partial charge >= 0.3 is 5.97 Å². The topological polar surface area (TPSA) is 73.9 Å². The van der Waals surface area contributed by atoms with Gasteiger partial charge in [-0.1, -0.05) is 59.6 Å². The van der Waals surface area contributed by atoms with Crippen molar-refractivity contribution in [3.8, 4) is 11.5 Å². The Morgan fingerprint density at radius 3 is 2.00 bits per heavy atom. The molecule has 0 fully saturated rings. The number of rotatable bonds is 9. The summed E-state index contributed by atoms with van der Waals surface area (Å²) >= 11 is 12.0. The highest BCUT2D eigenvalue weighted by Crippen LogP contribution is 2.29. The van der Waals surface area contributed by atoms with Crippen molar-refractivity contribution in [2.45, 2.75) is 6.61 Å². The Morgan fingerprint density at radius 1 is 0.742 bits per heavy atom. The SMILES string of the molecule is O=C(COC(=O)COc1ccc(OCc2ccccc2)cc1)Nc1c(Cl)cccc1Cl. The van der Waals surface area contributed by atoms with Crippen molar-refractivity contribution >= 4 is 40.8 Å². The average molecular weight is 460 g/mol. The molecule has 0 saturated carbocycles. The number of carbonyl (C=O) groups is 2. The molecule has 3 aromatic rings. The summed E-state index contributed by atoms with van der Waals surface area (Å²) in [5.41, 5.74) is 1.32. The Hall–Kier alpha value is -3.22. The highest BCUT2D eigenvalue weighted by molar-refractivity contribution is 6.39. The number of hydrogen-bond acceptors (Lipinski definition) is 5. The van der Waals surface area contributed by atoms with Crippen molar-refractivity contribution in [1.29, 1.82) is 0 Å². The second kappa shape index (κ2) is 11.2. The Morgan fingerprint density at radius 2 is 1.35 bits per heavy atom. The molecule has 3 rings (SSSR count). The predicted molar refractivity (Wildman–Crippen MR) is 119 cm³/mol. The predicted octanol–water partition coefficient (Wildman–Crippen LogP) is 5.13. The van der Waals surface area contributed by atoms with E-state index in [1.807, 2.05) is 30.3 Å². The number of esters is 1. The number of ether oxygens (including phenoxy) is 3. The molecule has 0 unspecified atom stereocenters. The van der Waals surface area contributed by atoms with Crippen LogP contribution in [0.15, 0.2) is 72.8 Å². The van der Waals surface area contributed by atoms with Crippen LogP contribution in [-0.2, 0) is 20.9 Å². The quantitative estimate of drug-likeness (QED) is 0.448. The molecule has 0 aliphatic carbocycles. The molecule has 0 bridgehead atoms. The molecule has 3 aromatic carbocycles. The molecule has 0 heterocycles. The van der Waals surface area contributed by atoms with E-state index < -0.39 is 18.5 Å². The standard InChI is InChI=1S/C23H19Cl2NO5/c24-19-7-4-8-20(25)23(19)26-21(27)14-31-22(28)15-30-18-11-9-17(10-12-18)29-13-16-5-2-1-3-6-16/h1-12H,13-15H2,(H,26,27). The van der Waals surface area contributed by atoms with Gasteiger partial charge in [0.05, 0.1) is 15.7 Å². The molecule has 8 heteroatoms. The fourth-order valence-corrected chi connectivity index (χ4v) is 2.99. The lowest BCUT2D eigenvalue weighted by molar-refractivity contribution is -0.149. The van der Waals surface area contributed by atoms with E-state index in [0.29, 0.717) is 18.1 Å². The van der Waals surface area contributed by atoms with Crippen LogP contribution < -0.4 is 14.8 Å². The van der Waals surface area contributed by atoms with Gasteiger partial charge in [-0.2, -0.15) is 0 Å². The maximum Gasteiger partial charge on any atom is 0.344 e. The van der Waals surface area contributed by atoms with Crippen LogP contribution in [0.2, 0.25) is 10.0 Å². The van der Waals surface area contributed by atoms with E-state index in [0.717, 1.165) is 5.56 Å². The molecule has 0 aliphatic heterocycles. The monoisotopic (exact) mass is 459 g/mol. The number of amides is 1. The van der Waals surface area contributed by atoms with Gasteiger partial charge in [0.2, 0.25) is 0 Å². The number of halogens is 2. The van der Waals surface area contributed by atoms with Crippen LogP contribution in [0.1, 0.15) is 5.56 Å². The van der Waals surface area contributed by atoms with Crippen molar-refractivity contribution in [3.05, 3.63) is 88.4 Å². The molecule has 0 saturated heterocycles. The Balaban J connectivity index is 1.38. The van der Waals surface area contributed by atoms with E-state index in [-0.39, 0.29) is 22.3 Å². The van der Waals surface area contributed by atoms with E-state index in [2.05, 4.69) is 5.32 Å². The largest absolute Gasteiger partial charge is 0.489 e. The van der Waals surface area contributed by atoms with Gasteiger partial charge in [-0.25, -0.2) is 4.79 Å². The molecule has 6 nitrogen and oxygen atoms in total. The average Bonchev–Trinajstić information content (AvgIpc) is 2.79. The molecule has 1 N–H and O–H groups in total. The van der Waals surface area contributed by atoms with Crippen LogP contribution in [0.25, 0.3) is 0 Å². The molecule has 1 amide bonds. The van der Waals surface area contributed by atoms with Crippen molar-refractivity contribution in [1.82, 2.24) is 0 Å². The number of carbonyl (C=O) groups excluding carboxylic acids is 2. The van der Waals surface area contributed by atoms with Crippen molar-refractivity contribution < 1.29 is 23.8 Å². The van der Waals surface area contributed by atoms with Crippen molar-refractivity contribution in [2.75, 3.05) is 18.5 Å². The summed E-state index contributed by atoms with van der Waals surface area (Å²) in [5, 5.41) is 3.07. The normalized spacial score (nSPS) is 10.3. The van der Waals surface area contributed by atoms with E-state index in [1.54, 1.807) is 42.5 Å². The fraction of sp³-hybridized carbons (Fsp3) is 0.130. The third-order valence-electron chi connectivity index (χ3n) is 4.02. The summed E-state index contributed by atoms with van der Waals surface area (Å²) < 4.78 is 16.0. The van der Waals surface area contributed by atoms with Crippen LogP contribution in [0.3, 0.4) is 0 Å². The van der Waals surface area contributed by atoms with Crippen LogP contribution in [-0.4, -0.2) is 25.1 Å².